The van der Waals surface area contributed by atoms with Crippen LogP contribution in [0, 0.1) is 5.82 Å². The third-order valence-electron chi connectivity index (χ3n) is 4.50. The molecule has 0 radical (unpaired) electrons. The molecular formula is C16H22FNO3. The Hall–Kier alpha value is -1.62. The number of nitrogens with two attached hydrogens (primary N) is 1. The van der Waals surface area contributed by atoms with Crippen LogP contribution < -0.4 is 5.73 Å². The van der Waals surface area contributed by atoms with Gasteiger partial charge < -0.3 is 15.6 Å². The molecule has 3 atom stereocenters. The molecule has 1 unspecified atom stereocenters. The first kappa shape index (κ1) is 15.8. The Morgan fingerprint density at radius 2 is 2.24 bits per heavy atom. The maximum atomic E-state index is 14.3. The number of amides is 1. The van der Waals surface area contributed by atoms with Crippen LogP contribution in [0.15, 0.2) is 24.3 Å². The highest BCUT2D eigenvalue weighted by Gasteiger charge is 2.50. The van der Waals surface area contributed by atoms with Crippen molar-refractivity contribution in [2.75, 3.05) is 0 Å². The second-order valence-corrected chi connectivity index (χ2v) is 5.62. The van der Waals surface area contributed by atoms with Crippen molar-refractivity contribution in [3.05, 3.63) is 35.6 Å². The fourth-order valence-corrected chi connectivity index (χ4v) is 3.54. The first-order valence-electron chi connectivity index (χ1n) is 7.41. The van der Waals surface area contributed by atoms with Gasteiger partial charge in [0, 0.05) is 5.56 Å². The van der Waals surface area contributed by atoms with Gasteiger partial charge in [0.2, 0.25) is 0 Å². The van der Waals surface area contributed by atoms with Gasteiger partial charge in [-0.05, 0) is 31.7 Å². The van der Waals surface area contributed by atoms with Crippen molar-refractivity contribution >= 4 is 6.09 Å². The third-order valence-corrected chi connectivity index (χ3v) is 4.50. The summed E-state index contributed by atoms with van der Waals surface area (Å²) >= 11 is 0. The maximum absolute atomic E-state index is 14.3. The molecule has 4 nitrogen and oxygen atoms in total. The van der Waals surface area contributed by atoms with E-state index in [9.17, 15) is 14.3 Å². The van der Waals surface area contributed by atoms with E-state index in [-0.39, 0.29) is 5.82 Å². The molecule has 1 aliphatic carbocycles. The van der Waals surface area contributed by atoms with Gasteiger partial charge in [0.1, 0.15) is 11.9 Å². The second kappa shape index (κ2) is 6.43. The fraction of sp³-hybridized carbons (Fsp3) is 0.562. The van der Waals surface area contributed by atoms with Gasteiger partial charge in [-0.1, -0.05) is 31.5 Å². The summed E-state index contributed by atoms with van der Waals surface area (Å²) < 4.78 is 19.6. The van der Waals surface area contributed by atoms with Crippen molar-refractivity contribution in [2.45, 2.75) is 56.7 Å². The molecule has 1 fully saturated rings. The average molecular weight is 295 g/mol. The Morgan fingerprint density at radius 3 is 2.86 bits per heavy atom. The summed E-state index contributed by atoms with van der Waals surface area (Å²) in [4.78, 5) is 11.2. The van der Waals surface area contributed by atoms with Crippen LogP contribution in [-0.2, 0) is 10.2 Å². The standard InChI is InChI=1S/C16H22FNO3/c1-2-13(19)16(11-7-3-4-8-12(11)17)10-6-5-9-14(16)21-15(18)20/h3-4,7-8,13-14,19H,2,5-6,9-10H2,1H3,(H2,18,20)/t13?,14-,16-/m0/s1. The number of carbonyl (C=O) groups is 1. The van der Waals surface area contributed by atoms with Crippen molar-refractivity contribution in [3.63, 3.8) is 0 Å². The normalized spacial score (nSPS) is 27.1. The number of carbonyl (C=O) groups excluding carboxylic acids is 1. The zero-order valence-corrected chi connectivity index (χ0v) is 12.2. The Bertz CT molecular complexity index is 508. The fourth-order valence-electron chi connectivity index (χ4n) is 3.54. The van der Waals surface area contributed by atoms with Gasteiger partial charge in [0.25, 0.3) is 0 Å². The lowest BCUT2D eigenvalue weighted by Gasteiger charge is -2.46. The minimum absolute atomic E-state index is 0.384. The van der Waals surface area contributed by atoms with E-state index in [1.165, 1.54) is 6.07 Å². The Kier molecular flexibility index (Phi) is 4.83. The van der Waals surface area contributed by atoms with Gasteiger partial charge in [-0.3, -0.25) is 0 Å². The lowest BCUT2D eigenvalue weighted by Crippen LogP contribution is -2.53. The molecule has 21 heavy (non-hydrogen) atoms. The number of primary amides is 1. The summed E-state index contributed by atoms with van der Waals surface area (Å²) in [6, 6.07) is 6.38. The molecule has 1 aliphatic rings. The molecule has 0 aliphatic heterocycles. The summed E-state index contributed by atoms with van der Waals surface area (Å²) in [7, 11) is 0. The lowest BCUT2D eigenvalue weighted by atomic mass is 9.63. The van der Waals surface area contributed by atoms with E-state index >= 15 is 0 Å². The van der Waals surface area contributed by atoms with Crippen LogP contribution in [0.2, 0.25) is 0 Å². The molecule has 1 aromatic carbocycles. The molecule has 0 bridgehead atoms. The number of hydrogen-bond donors (Lipinski definition) is 2. The summed E-state index contributed by atoms with van der Waals surface area (Å²) in [5, 5.41) is 10.6. The van der Waals surface area contributed by atoms with Gasteiger partial charge in [-0.2, -0.15) is 0 Å². The van der Waals surface area contributed by atoms with Crippen LogP contribution in [0.25, 0.3) is 0 Å². The van der Waals surface area contributed by atoms with Gasteiger partial charge in [0.15, 0.2) is 0 Å². The number of rotatable bonds is 4. The molecule has 5 heteroatoms. The molecule has 0 heterocycles. The molecule has 0 aromatic heterocycles. The summed E-state index contributed by atoms with van der Waals surface area (Å²) in [5.74, 6) is -0.384. The molecule has 1 aromatic rings. The molecule has 3 N–H and O–H groups in total. The number of ether oxygens (including phenoxy) is 1. The van der Waals surface area contributed by atoms with Crippen molar-refractivity contribution in [2.24, 2.45) is 5.73 Å². The molecule has 1 saturated carbocycles. The molecule has 2 rings (SSSR count). The monoisotopic (exact) mass is 295 g/mol. The predicted molar refractivity (Wildman–Crippen MR) is 77.3 cm³/mol. The van der Waals surface area contributed by atoms with Crippen molar-refractivity contribution in [3.8, 4) is 0 Å². The first-order chi connectivity index (χ1) is 10.0. The SMILES string of the molecule is CCC(O)[C@@]1(c2ccccc2F)CCCC[C@@H]1OC(N)=O. The van der Waals surface area contributed by atoms with Crippen LogP contribution in [0.5, 0.6) is 0 Å². The van der Waals surface area contributed by atoms with Crippen molar-refractivity contribution < 1.29 is 19.0 Å². The van der Waals surface area contributed by atoms with Crippen LogP contribution in [0.4, 0.5) is 9.18 Å². The molecular weight excluding hydrogens is 273 g/mol. The number of aliphatic hydroxyl groups excluding tert-OH is 1. The van der Waals surface area contributed by atoms with Gasteiger partial charge in [-0.15, -0.1) is 0 Å². The Labute approximate surface area is 124 Å². The third kappa shape index (κ3) is 2.88. The Morgan fingerprint density at radius 1 is 1.52 bits per heavy atom. The molecule has 116 valence electrons. The van der Waals surface area contributed by atoms with Crippen LogP contribution in [0.1, 0.15) is 44.6 Å². The zero-order chi connectivity index (χ0) is 15.5. The average Bonchev–Trinajstić information content (AvgIpc) is 2.47. The largest absolute Gasteiger partial charge is 0.445 e. The minimum atomic E-state index is -0.923. The minimum Gasteiger partial charge on any atom is -0.445 e. The van der Waals surface area contributed by atoms with Crippen molar-refractivity contribution in [1.82, 2.24) is 0 Å². The quantitative estimate of drug-likeness (QED) is 0.897. The second-order valence-electron chi connectivity index (χ2n) is 5.62. The number of hydrogen-bond acceptors (Lipinski definition) is 3. The summed E-state index contributed by atoms with van der Waals surface area (Å²) in [5.41, 5.74) is 4.65. The highest BCUT2D eigenvalue weighted by atomic mass is 19.1. The lowest BCUT2D eigenvalue weighted by molar-refractivity contribution is -0.0493. The van der Waals surface area contributed by atoms with E-state index in [1.54, 1.807) is 18.2 Å². The van der Waals surface area contributed by atoms with Crippen LogP contribution in [0.3, 0.4) is 0 Å². The smallest absolute Gasteiger partial charge is 0.404 e. The topological polar surface area (TPSA) is 72.6 Å². The summed E-state index contributed by atoms with van der Waals surface area (Å²) in [6.07, 6.45) is 1.04. The van der Waals surface area contributed by atoms with Crippen LogP contribution >= 0.6 is 0 Å². The molecule has 0 saturated heterocycles. The highest BCUT2D eigenvalue weighted by molar-refractivity contribution is 5.65. The van der Waals surface area contributed by atoms with E-state index in [0.717, 1.165) is 12.8 Å². The maximum Gasteiger partial charge on any atom is 0.404 e. The van der Waals surface area contributed by atoms with E-state index in [4.69, 9.17) is 10.5 Å². The van der Waals surface area contributed by atoms with E-state index in [1.807, 2.05) is 6.92 Å². The summed E-state index contributed by atoms with van der Waals surface area (Å²) in [6.45, 7) is 1.84. The van der Waals surface area contributed by atoms with E-state index < -0.39 is 23.7 Å². The molecule has 1 amide bonds. The van der Waals surface area contributed by atoms with E-state index in [0.29, 0.717) is 24.8 Å². The zero-order valence-electron chi connectivity index (χ0n) is 12.2. The highest BCUT2D eigenvalue weighted by Crippen LogP contribution is 2.45. The van der Waals surface area contributed by atoms with Gasteiger partial charge in [0.05, 0.1) is 11.5 Å². The predicted octanol–water partition coefficient (Wildman–Crippen LogP) is 2.87. The Balaban J connectivity index is 2.53. The van der Waals surface area contributed by atoms with E-state index in [2.05, 4.69) is 0 Å². The molecule has 0 spiro atoms. The van der Waals surface area contributed by atoms with Crippen LogP contribution in [-0.4, -0.2) is 23.4 Å². The number of benzene rings is 1. The number of halogens is 1. The number of aliphatic hydroxyl groups is 1. The van der Waals surface area contributed by atoms with Gasteiger partial charge in [-0.25, -0.2) is 9.18 Å². The van der Waals surface area contributed by atoms with Crippen molar-refractivity contribution in [1.29, 1.82) is 0 Å². The van der Waals surface area contributed by atoms with Gasteiger partial charge >= 0.3 is 6.09 Å². The first-order valence-corrected chi connectivity index (χ1v) is 7.41.